The Kier molecular flexibility index (Phi) is 5.28. The number of carbonyl (C=O) groups excluding carboxylic acids is 2. The summed E-state index contributed by atoms with van der Waals surface area (Å²) in [4.78, 5) is 35.7. The number of anilines is 1. The van der Waals surface area contributed by atoms with Crippen LogP contribution in [0.25, 0.3) is 0 Å². The lowest BCUT2D eigenvalue weighted by molar-refractivity contribution is 0.0746. The maximum absolute atomic E-state index is 12.9. The van der Waals surface area contributed by atoms with E-state index in [-0.39, 0.29) is 11.8 Å². The first-order valence-corrected chi connectivity index (χ1v) is 9.97. The van der Waals surface area contributed by atoms with Crippen LogP contribution >= 0.6 is 0 Å². The number of amides is 2. The number of nitrogens with zero attached hydrogens (tertiary/aromatic N) is 4. The molecule has 3 heterocycles. The molecule has 0 bridgehead atoms. The quantitative estimate of drug-likeness (QED) is 0.824. The van der Waals surface area contributed by atoms with Crippen molar-refractivity contribution < 1.29 is 9.59 Å². The van der Waals surface area contributed by atoms with Crippen molar-refractivity contribution in [2.75, 3.05) is 44.2 Å². The van der Waals surface area contributed by atoms with Gasteiger partial charge < -0.3 is 14.7 Å². The molecule has 1 aromatic carbocycles. The van der Waals surface area contributed by atoms with E-state index in [0.717, 1.165) is 39.0 Å². The highest BCUT2D eigenvalue weighted by molar-refractivity contribution is 5.99. The standard InChI is InChI=1S/C22H26N4O2/c1-17-5-4-6-20(13-17)24-9-11-26(12-10-24)22(28)19-14-18(15-23-16-19)21(27)25-7-2-3-8-25/h4-6,13-16H,2-3,7-12H2,1H3. The van der Waals surface area contributed by atoms with Gasteiger partial charge in [0.1, 0.15) is 0 Å². The van der Waals surface area contributed by atoms with Gasteiger partial charge in [0.25, 0.3) is 11.8 Å². The van der Waals surface area contributed by atoms with Crippen molar-refractivity contribution in [3.8, 4) is 0 Å². The van der Waals surface area contributed by atoms with Gasteiger partial charge in [0.05, 0.1) is 11.1 Å². The second-order valence-electron chi connectivity index (χ2n) is 7.58. The number of likely N-dealkylation sites (tertiary alicyclic amines) is 1. The van der Waals surface area contributed by atoms with Crippen LogP contribution in [0.3, 0.4) is 0 Å². The van der Waals surface area contributed by atoms with Crippen LogP contribution in [0.15, 0.2) is 42.7 Å². The molecule has 4 rings (SSSR count). The van der Waals surface area contributed by atoms with Gasteiger partial charge in [-0.2, -0.15) is 0 Å². The SMILES string of the molecule is Cc1cccc(N2CCN(C(=O)c3cncc(C(=O)N4CCCC4)c3)CC2)c1. The molecular formula is C22H26N4O2. The minimum Gasteiger partial charge on any atom is -0.368 e. The van der Waals surface area contributed by atoms with E-state index in [4.69, 9.17) is 0 Å². The lowest BCUT2D eigenvalue weighted by atomic mass is 10.1. The molecule has 0 aliphatic carbocycles. The van der Waals surface area contributed by atoms with Gasteiger partial charge in [-0.15, -0.1) is 0 Å². The lowest BCUT2D eigenvalue weighted by Gasteiger charge is -2.36. The Hall–Kier alpha value is -2.89. The van der Waals surface area contributed by atoms with Gasteiger partial charge in [-0.25, -0.2) is 0 Å². The molecule has 0 N–H and O–H groups in total. The van der Waals surface area contributed by atoms with E-state index in [1.165, 1.54) is 11.3 Å². The van der Waals surface area contributed by atoms with Crippen molar-refractivity contribution in [3.05, 3.63) is 59.4 Å². The van der Waals surface area contributed by atoms with Gasteiger partial charge in [0.2, 0.25) is 0 Å². The Balaban J connectivity index is 1.41. The molecule has 2 saturated heterocycles. The summed E-state index contributed by atoms with van der Waals surface area (Å²) in [5, 5.41) is 0. The molecule has 2 amide bonds. The van der Waals surface area contributed by atoms with E-state index >= 15 is 0 Å². The van der Waals surface area contributed by atoms with Crippen LogP contribution in [0, 0.1) is 6.92 Å². The largest absolute Gasteiger partial charge is 0.368 e. The summed E-state index contributed by atoms with van der Waals surface area (Å²) in [6.45, 7) is 6.60. The second kappa shape index (κ2) is 8.00. The predicted molar refractivity (Wildman–Crippen MR) is 109 cm³/mol. The van der Waals surface area contributed by atoms with E-state index in [1.807, 2.05) is 9.80 Å². The molecule has 0 unspecified atom stereocenters. The van der Waals surface area contributed by atoms with Gasteiger partial charge in [-0.1, -0.05) is 12.1 Å². The summed E-state index contributed by atoms with van der Waals surface area (Å²) < 4.78 is 0. The van der Waals surface area contributed by atoms with Crippen LogP contribution in [0.2, 0.25) is 0 Å². The molecule has 1 aromatic heterocycles. The lowest BCUT2D eigenvalue weighted by Crippen LogP contribution is -2.48. The van der Waals surface area contributed by atoms with Gasteiger partial charge in [0.15, 0.2) is 0 Å². The van der Waals surface area contributed by atoms with Gasteiger partial charge in [-0.05, 0) is 43.5 Å². The predicted octanol–water partition coefficient (Wildman–Crippen LogP) is 2.59. The average molecular weight is 378 g/mol. The van der Waals surface area contributed by atoms with Crippen molar-refractivity contribution in [1.29, 1.82) is 0 Å². The van der Waals surface area contributed by atoms with Crippen molar-refractivity contribution >= 4 is 17.5 Å². The van der Waals surface area contributed by atoms with Gasteiger partial charge in [-0.3, -0.25) is 14.6 Å². The molecule has 0 spiro atoms. The van der Waals surface area contributed by atoms with Crippen molar-refractivity contribution in [2.24, 2.45) is 0 Å². The zero-order valence-electron chi connectivity index (χ0n) is 16.3. The van der Waals surface area contributed by atoms with E-state index in [2.05, 4.69) is 41.1 Å². The maximum atomic E-state index is 12.9. The third kappa shape index (κ3) is 3.86. The molecule has 6 nitrogen and oxygen atoms in total. The number of aromatic nitrogens is 1. The molecule has 2 fully saturated rings. The Labute approximate surface area is 165 Å². The molecule has 146 valence electrons. The topological polar surface area (TPSA) is 56.8 Å². The Bertz CT molecular complexity index is 868. The molecule has 2 aromatic rings. The first-order chi connectivity index (χ1) is 13.6. The number of aryl methyl sites for hydroxylation is 1. The molecular weight excluding hydrogens is 352 g/mol. The molecule has 0 saturated carbocycles. The van der Waals surface area contributed by atoms with Crippen molar-refractivity contribution in [3.63, 3.8) is 0 Å². The van der Waals surface area contributed by atoms with E-state index in [1.54, 1.807) is 18.5 Å². The van der Waals surface area contributed by atoms with Crippen LogP contribution < -0.4 is 4.90 Å². The van der Waals surface area contributed by atoms with Crippen molar-refractivity contribution in [2.45, 2.75) is 19.8 Å². The van der Waals surface area contributed by atoms with Crippen LogP contribution in [0.1, 0.15) is 39.1 Å². The Morgan fingerprint density at radius 3 is 2.04 bits per heavy atom. The minimum absolute atomic E-state index is 0.0242. The fraction of sp³-hybridized carbons (Fsp3) is 0.409. The zero-order valence-corrected chi connectivity index (χ0v) is 16.3. The first kappa shape index (κ1) is 18.5. The number of rotatable bonds is 3. The molecule has 2 aliphatic rings. The summed E-state index contributed by atoms with van der Waals surface area (Å²) in [5.41, 5.74) is 3.44. The van der Waals surface area contributed by atoms with Crippen molar-refractivity contribution in [1.82, 2.24) is 14.8 Å². The highest BCUT2D eigenvalue weighted by atomic mass is 16.2. The summed E-state index contributed by atoms with van der Waals surface area (Å²) in [6.07, 6.45) is 5.22. The number of hydrogen-bond donors (Lipinski definition) is 0. The van der Waals surface area contributed by atoms with E-state index in [0.29, 0.717) is 24.2 Å². The third-order valence-corrected chi connectivity index (χ3v) is 5.56. The third-order valence-electron chi connectivity index (χ3n) is 5.56. The normalized spacial score (nSPS) is 17.1. The summed E-state index contributed by atoms with van der Waals surface area (Å²) >= 11 is 0. The first-order valence-electron chi connectivity index (χ1n) is 9.97. The summed E-state index contributed by atoms with van der Waals surface area (Å²) in [6, 6.07) is 10.1. The second-order valence-corrected chi connectivity index (χ2v) is 7.58. The molecule has 28 heavy (non-hydrogen) atoms. The number of piperazine rings is 1. The summed E-state index contributed by atoms with van der Waals surface area (Å²) in [5.74, 6) is -0.0728. The van der Waals surface area contributed by atoms with E-state index in [9.17, 15) is 9.59 Å². The fourth-order valence-corrected chi connectivity index (χ4v) is 3.95. The number of benzene rings is 1. The molecule has 0 radical (unpaired) electrons. The van der Waals surface area contributed by atoms with Gasteiger partial charge in [0, 0.05) is 57.3 Å². The zero-order chi connectivity index (χ0) is 19.5. The fourth-order valence-electron chi connectivity index (χ4n) is 3.95. The number of carbonyl (C=O) groups is 2. The van der Waals surface area contributed by atoms with Crippen LogP contribution in [0.5, 0.6) is 0 Å². The maximum Gasteiger partial charge on any atom is 0.255 e. The Morgan fingerprint density at radius 2 is 1.43 bits per heavy atom. The van der Waals surface area contributed by atoms with E-state index < -0.39 is 0 Å². The monoisotopic (exact) mass is 378 g/mol. The smallest absolute Gasteiger partial charge is 0.255 e. The minimum atomic E-state index is -0.0486. The highest BCUT2D eigenvalue weighted by Crippen LogP contribution is 2.19. The molecule has 0 atom stereocenters. The van der Waals surface area contributed by atoms with Crippen LogP contribution in [0.4, 0.5) is 5.69 Å². The van der Waals surface area contributed by atoms with Crippen LogP contribution in [-0.4, -0.2) is 65.9 Å². The molecule has 6 heteroatoms. The summed E-state index contributed by atoms with van der Waals surface area (Å²) in [7, 11) is 0. The van der Waals surface area contributed by atoms with Crippen LogP contribution in [-0.2, 0) is 0 Å². The molecule has 2 aliphatic heterocycles. The highest BCUT2D eigenvalue weighted by Gasteiger charge is 2.25. The average Bonchev–Trinajstić information content (AvgIpc) is 3.28. The Morgan fingerprint density at radius 1 is 0.821 bits per heavy atom. The van der Waals surface area contributed by atoms with Gasteiger partial charge >= 0.3 is 0 Å². The number of pyridine rings is 1. The number of hydrogen-bond acceptors (Lipinski definition) is 4.